The fourth-order valence-electron chi connectivity index (χ4n) is 3.20. The lowest BCUT2D eigenvalue weighted by atomic mass is 10.2. The third-order valence-corrected chi connectivity index (χ3v) is 5.50. The van der Waals surface area contributed by atoms with Crippen LogP contribution in [0.15, 0.2) is 34.2 Å². The van der Waals surface area contributed by atoms with E-state index in [0.717, 1.165) is 23.0 Å². The Kier molecular flexibility index (Phi) is 5.74. The molecule has 1 aromatic carbocycles. The van der Waals surface area contributed by atoms with Crippen molar-refractivity contribution in [3.8, 4) is 0 Å². The second-order valence-electron chi connectivity index (χ2n) is 7.89. The average molecular weight is 393 g/mol. The number of hydrogen-bond acceptors (Lipinski definition) is 6. The van der Waals surface area contributed by atoms with Gasteiger partial charge in [0.1, 0.15) is 5.60 Å². The average Bonchev–Trinajstić information content (AvgIpc) is 3.01. The van der Waals surface area contributed by atoms with Crippen LogP contribution in [-0.4, -0.2) is 70.1 Å². The van der Waals surface area contributed by atoms with Gasteiger partial charge in [0.05, 0.1) is 12.6 Å². The van der Waals surface area contributed by atoms with E-state index >= 15 is 0 Å². The maximum atomic E-state index is 12.3. The van der Waals surface area contributed by atoms with Crippen LogP contribution in [0.4, 0.5) is 4.79 Å². The molecule has 3 rings (SSSR count). The van der Waals surface area contributed by atoms with Crippen LogP contribution in [0.5, 0.6) is 0 Å². The van der Waals surface area contributed by atoms with Crippen molar-refractivity contribution in [2.24, 2.45) is 4.99 Å². The number of aliphatic imine (C=N–C) groups is 1. The molecule has 7 nitrogen and oxygen atoms in total. The number of ether oxygens (including phenoxy) is 1. The summed E-state index contributed by atoms with van der Waals surface area (Å²) in [5.74, 6) is 0.881. The number of carbonyl (C=O) groups excluding carboxylic acids is 1. The maximum absolute atomic E-state index is 12.3. The predicted octanol–water partition coefficient (Wildman–Crippen LogP) is 1.80. The molecular formula is C19H28N4O3S. The van der Waals surface area contributed by atoms with Crippen LogP contribution in [0.1, 0.15) is 26.3 Å². The Morgan fingerprint density at radius 3 is 2.63 bits per heavy atom. The molecule has 1 fully saturated rings. The van der Waals surface area contributed by atoms with E-state index in [0.29, 0.717) is 26.2 Å². The molecule has 27 heavy (non-hydrogen) atoms. The van der Waals surface area contributed by atoms with Gasteiger partial charge in [-0.25, -0.2) is 4.79 Å². The highest BCUT2D eigenvalue weighted by atomic mass is 32.2. The van der Waals surface area contributed by atoms with Crippen LogP contribution in [0.25, 0.3) is 0 Å². The summed E-state index contributed by atoms with van der Waals surface area (Å²) in [6.07, 6.45) is 1.43. The number of benzene rings is 1. The van der Waals surface area contributed by atoms with Crippen LogP contribution in [-0.2, 0) is 22.1 Å². The number of nitrogens with one attached hydrogen (secondary N) is 1. The normalized spacial score (nSPS) is 20.7. The van der Waals surface area contributed by atoms with Crippen LogP contribution in [0.3, 0.4) is 0 Å². The van der Waals surface area contributed by atoms with Crippen molar-refractivity contribution in [1.29, 1.82) is 0 Å². The van der Waals surface area contributed by atoms with Gasteiger partial charge in [-0.1, -0.05) is 12.1 Å². The molecule has 2 aliphatic heterocycles. The van der Waals surface area contributed by atoms with Gasteiger partial charge in [-0.3, -0.25) is 9.20 Å². The van der Waals surface area contributed by atoms with Gasteiger partial charge >= 0.3 is 6.09 Å². The zero-order valence-electron chi connectivity index (χ0n) is 16.4. The monoisotopic (exact) mass is 392 g/mol. The van der Waals surface area contributed by atoms with Crippen molar-refractivity contribution in [1.82, 2.24) is 15.1 Å². The quantitative estimate of drug-likeness (QED) is 0.849. The Morgan fingerprint density at radius 2 is 2.00 bits per heavy atom. The minimum absolute atomic E-state index is 0.193. The molecule has 0 bridgehead atoms. The van der Waals surface area contributed by atoms with Gasteiger partial charge < -0.3 is 19.9 Å². The zero-order valence-corrected chi connectivity index (χ0v) is 17.2. The standard InChI is InChI=1S/C19H28N4O3S/c1-19(2,3)26-18(24)22-9-10-23-15(13-22)12-21-17(23)20-11-14-5-7-16(8-6-14)27(4)25/h5-8,15H,9-13H2,1-4H3,(H,20,21). The van der Waals surface area contributed by atoms with Gasteiger partial charge in [0.2, 0.25) is 0 Å². The number of piperazine rings is 1. The van der Waals surface area contributed by atoms with E-state index in [-0.39, 0.29) is 12.1 Å². The topological polar surface area (TPSA) is 74.2 Å². The molecule has 0 radical (unpaired) electrons. The highest BCUT2D eigenvalue weighted by Gasteiger charge is 2.36. The fourth-order valence-corrected chi connectivity index (χ4v) is 3.72. The summed E-state index contributed by atoms with van der Waals surface area (Å²) in [5.41, 5.74) is 0.635. The molecule has 1 aromatic rings. The molecule has 1 amide bonds. The lowest BCUT2D eigenvalue weighted by molar-refractivity contribution is 0.0137. The van der Waals surface area contributed by atoms with E-state index in [9.17, 15) is 9.00 Å². The first-order valence-corrected chi connectivity index (χ1v) is 10.7. The molecule has 1 saturated heterocycles. The Labute approximate surface area is 163 Å². The van der Waals surface area contributed by atoms with E-state index in [4.69, 9.17) is 4.74 Å². The Bertz CT molecular complexity index is 742. The third kappa shape index (κ3) is 5.00. The first-order valence-electron chi connectivity index (χ1n) is 9.18. The lowest BCUT2D eigenvalue weighted by Crippen LogP contribution is -2.57. The lowest BCUT2D eigenvalue weighted by Gasteiger charge is -2.39. The highest BCUT2D eigenvalue weighted by molar-refractivity contribution is 7.84. The molecule has 1 N–H and O–H groups in total. The minimum atomic E-state index is -0.958. The molecule has 2 aliphatic rings. The number of fused-ring (bicyclic) bond motifs is 1. The van der Waals surface area contributed by atoms with Crippen LogP contribution in [0.2, 0.25) is 0 Å². The van der Waals surface area contributed by atoms with Gasteiger partial charge in [0.25, 0.3) is 0 Å². The van der Waals surface area contributed by atoms with Crippen molar-refractivity contribution in [3.05, 3.63) is 29.8 Å². The smallest absolute Gasteiger partial charge is 0.410 e. The maximum Gasteiger partial charge on any atom is 0.410 e. The number of guanidine groups is 1. The summed E-state index contributed by atoms with van der Waals surface area (Å²) in [6, 6.07) is 7.95. The van der Waals surface area contributed by atoms with Gasteiger partial charge in [0, 0.05) is 48.1 Å². The SMILES string of the molecule is CS(=O)c1ccc(CNC2=NCC3CN(C(=O)OC(C)(C)C)CCN23)cc1. The summed E-state index contributed by atoms with van der Waals surface area (Å²) in [6.45, 7) is 8.97. The van der Waals surface area contributed by atoms with Crippen molar-refractivity contribution < 1.29 is 13.7 Å². The van der Waals surface area contributed by atoms with Crippen LogP contribution >= 0.6 is 0 Å². The van der Waals surface area contributed by atoms with E-state index < -0.39 is 16.4 Å². The molecule has 148 valence electrons. The van der Waals surface area contributed by atoms with E-state index in [1.807, 2.05) is 45.0 Å². The highest BCUT2D eigenvalue weighted by Crippen LogP contribution is 2.19. The molecule has 8 heteroatoms. The number of nitrogens with zero attached hydrogens (tertiary/aromatic N) is 3. The summed E-state index contributed by atoms with van der Waals surface area (Å²) >= 11 is 0. The van der Waals surface area contributed by atoms with Crippen molar-refractivity contribution in [2.75, 3.05) is 32.4 Å². The summed E-state index contributed by atoms with van der Waals surface area (Å²) in [7, 11) is -0.958. The van der Waals surface area contributed by atoms with Gasteiger partial charge in [0.15, 0.2) is 5.96 Å². The van der Waals surface area contributed by atoms with Crippen molar-refractivity contribution in [2.45, 2.75) is 43.9 Å². The summed E-state index contributed by atoms with van der Waals surface area (Å²) < 4.78 is 16.9. The third-order valence-electron chi connectivity index (χ3n) is 4.56. The molecule has 0 aliphatic carbocycles. The Hall–Kier alpha value is -2.09. The van der Waals surface area contributed by atoms with Crippen molar-refractivity contribution >= 4 is 22.9 Å². The summed E-state index contributed by atoms with van der Waals surface area (Å²) in [5, 5.41) is 3.39. The predicted molar refractivity (Wildman–Crippen MR) is 106 cm³/mol. The van der Waals surface area contributed by atoms with Gasteiger partial charge in [-0.15, -0.1) is 0 Å². The second-order valence-corrected chi connectivity index (χ2v) is 9.27. The van der Waals surface area contributed by atoms with Crippen molar-refractivity contribution in [3.63, 3.8) is 0 Å². The molecular weight excluding hydrogens is 364 g/mol. The minimum Gasteiger partial charge on any atom is -0.444 e. The first-order chi connectivity index (χ1) is 12.7. The molecule has 2 unspecified atom stereocenters. The fraction of sp³-hybridized carbons (Fsp3) is 0.579. The van der Waals surface area contributed by atoms with Gasteiger partial charge in [-0.05, 0) is 38.5 Å². The zero-order chi connectivity index (χ0) is 19.6. The van der Waals surface area contributed by atoms with Crippen LogP contribution < -0.4 is 5.32 Å². The Balaban J connectivity index is 1.51. The molecule has 2 atom stereocenters. The van der Waals surface area contributed by atoms with E-state index in [2.05, 4.69) is 15.2 Å². The number of amides is 1. The molecule has 0 aromatic heterocycles. The Morgan fingerprint density at radius 1 is 1.30 bits per heavy atom. The molecule has 0 saturated carbocycles. The molecule has 2 heterocycles. The van der Waals surface area contributed by atoms with Crippen LogP contribution in [0, 0.1) is 0 Å². The van der Waals surface area contributed by atoms with Gasteiger partial charge in [-0.2, -0.15) is 0 Å². The largest absolute Gasteiger partial charge is 0.444 e. The number of hydrogen-bond donors (Lipinski definition) is 1. The number of rotatable bonds is 3. The molecule has 0 spiro atoms. The van der Waals surface area contributed by atoms with E-state index in [1.165, 1.54) is 0 Å². The second kappa shape index (κ2) is 7.88. The first kappa shape index (κ1) is 19.7. The summed E-state index contributed by atoms with van der Waals surface area (Å²) in [4.78, 5) is 21.7. The van der Waals surface area contributed by atoms with E-state index in [1.54, 1.807) is 11.2 Å². The number of carbonyl (C=O) groups is 1.